The van der Waals surface area contributed by atoms with Crippen LogP contribution in [0.4, 0.5) is 0 Å². The molecule has 3 rings (SSSR count). The Morgan fingerprint density at radius 1 is 1.23 bits per heavy atom. The van der Waals surface area contributed by atoms with Gasteiger partial charge in [-0.3, -0.25) is 4.79 Å². The number of carbonyl (C=O) groups is 1. The van der Waals surface area contributed by atoms with Gasteiger partial charge in [-0.05, 0) is 36.8 Å². The van der Waals surface area contributed by atoms with Gasteiger partial charge in [0.25, 0.3) is 5.91 Å². The zero-order valence-corrected chi connectivity index (χ0v) is 12.3. The van der Waals surface area contributed by atoms with Crippen LogP contribution in [-0.2, 0) is 6.42 Å². The van der Waals surface area contributed by atoms with Gasteiger partial charge in [0.1, 0.15) is 5.69 Å². The molecule has 1 N–H and O–H groups in total. The predicted molar refractivity (Wildman–Crippen MR) is 84.2 cm³/mol. The number of ether oxygens (including phenoxy) is 1. The van der Waals surface area contributed by atoms with E-state index < -0.39 is 0 Å². The second-order valence-corrected chi connectivity index (χ2v) is 4.89. The second kappa shape index (κ2) is 6.30. The van der Waals surface area contributed by atoms with Crippen LogP contribution in [0.1, 0.15) is 16.1 Å². The van der Waals surface area contributed by atoms with E-state index in [4.69, 9.17) is 4.74 Å². The van der Waals surface area contributed by atoms with Gasteiger partial charge in [0.05, 0.1) is 7.11 Å². The first-order valence-electron chi connectivity index (χ1n) is 7.12. The van der Waals surface area contributed by atoms with Crippen LogP contribution < -0.4 is 10.1 Å². The summed E-state index contributed by atoms with van der Waals surface area (Å²) in [6, 6.07) is 13.4. The Balaban J connectivity index is 1.65. The Morgan fingerprint density at radius 3 is 3.00 bits per heavy atom. The molecular weight excluding hydrogens is 278 g/mol. The average Bonchev–Trinajstić information content (AvgIpc) is 2.99. The number of pyridine rings is 2. The third kappa shape index (κ3) is 2.79. The fourth-order valence-electron chi connectivity index (χ4n) is 2.44. The van der Waals surface area contributed by atoms with Crippen LogP contribution in [0.15, 0.2) is 54.9 Å². The summed E-state index contributed by atoms with van der Waals surface area (Å²) in [4.78, 5) is 16.4. The number of hydrogen-bond donors (Lipinski definition) is 1. The van der Waals surface area contributed by atoms with Crippen LogP contribution in [0.3, 0.4) is 0 Å². The molecule has 0 saturated heterocycles. The lowest BCUT2D eigenvalue weighted by molar-refractivity contribution is 0.0948. The average molecular weight is 295 g/mol. The molecule has 3 aromatic rings. The van der Waals surface area contributed by atoms with E-state index in [1.165, 1.54) is 0 Å². The zero-order chi connectivity index (χ0) is 15.4. The highest BCUT2D eigenvalue weighted by Gasteiger charge is 2.10. The molecule has 22 heavy (non-hydrogen) atoms. The minimum absolute atomic E-state index is 0.0888. The van der Waals surface area contributed by atoms with E-state index in [0.717, 1.165) is 11.1 Å². The second-order valence-electron chi connectivity index (χ2n) is 4.89. The Bertz CT molecular complexity index is 795. The standard InChI is InChI=1S/C17H17N3O2/c1-22-17-13(5-4-10-19-17)9-11-18-16(21)15-8-7-14-6-2-3-12-20(14)15/h2-8,10,12H,9,11H2,1H3,(H,18,21). The highest BCUT2D eigenvalue weighted by atomic mass is 16.5. The number of methoxy groups -OCH3 is 1. The van der Waals surface area contributed by atoms with E-state index in [0.29, 0.717) is 24.5 Å². The highest BCUT2D eigenvalue weighted by Crippen LogP contribution is 2.14. The monoisotopic (exact) mass is 295 g/mol. The van der Waals surface area contributed by atoms with E-state index in [-0.39, 0.29) is 5.91 Å². The van der Waals surface area contributed by atoms with E-state index >= 15 is 0 Å². The minimum Gasteiger partial charge on any atom is -0.481 e. The Labute approximate surface area is 128 Å². The van der Waals surface area contributed by atoms with Crippen LogP contribution in [0.25, 0.3) is 5.52 Å². The van der Waals surface area contributed by atoms with Crippen molar-refractivity contribution in [1.82, 2.24) is 14.7 Å². The van der Waals surface area contributed by atoms with Crippen molar-refractivity contribution in [3.05, 3.63) is 66.1 Å². The maximum Gasteiger partial charge on any atom is 0.268 e. The molecule has 0 unspecified atom stereocenters. The molecule has 0 fully saturated rings. The number of hydrogen-bond acceptors (Lipinski definition) is 3. The number of rotatable bonds is 5. The Hall–Kier alpha value is -2.82. The number of carbonyl (C=O) groups excluding carboxylic acids is 1. The van der Waals surface area contributed by atoms with Gasteiger partial charge < -0.3 is 14.5 Å². The predicted octanol–water partition coefficient (Wildman–Crippen LogP) is 2.32. The topological polar surface area (TPSA) is 55.6 Å². The van der Waals surface area contributed by atoms with Crippen molar-refractivity contribution in [3.63, 3.8) is 0 Å². The van der Waals surface area contributed by atoms with Crippen LogP contribution >= 0.6 is 0 Å². The maximum atomic E-state index is 12.3. The Morgan fingerprint density at radius 2 is 2.14 bits per heavy atom. The molecule has 3 aromatic heterocycles. The molecule has 0 radical (unpaired) electrons. The van der Waals surface area contributed by atoms with Gasteiger partial charge in [0.2, 0.25) is 5.88 Å². The van der Waals surface area contributed by atoms with Gasteiger partial charge in [-0.25, -0.2) is 4.98 Å². The van der Waals surface area contributed by atoms with Gasteiger partial charge in [-0.15, -0.1) is 0 Å². The summed E-state index contributed by atoms with van der Waals surface area (Å²) in [5.74, 6) is 0.513. The third-order valence-corrected chi connectivity index (χ3v) is 3.52. The fourth-order valence-corrected chi connectivity index (χ4v) is 2.44. The van der Waals surface area contributed by atoms with Gasteiger partial charge in [0.15, 0.2) is 0 Å². The molecule has 0 bridgehead atoms. The van der Waals surface area contributed by atoms with Gasteiger partial charge in [-0.2, -0.15) is 0 Å². The van der Waals surface area contributed by atoms with Gasteiger partial charge in [-0.1, -0.05) is 12.1 Å². The number of nitrogens with zero attached hydrogens (tertiary/aromatic N) is 2. The molecule has 0 aliphatic rings. The normalized spacial score (nSPS) is 10.6. The largest absolute Gasteiger partial charge is 0.481 e. The van der Waals surface area contributed by atoms with Crippen molar-refractivity contribution < 1.29 is 9.53 Å². The fraction of sp³-hybridized carbons (Fsp3) is 0.176. The summed E-state index contributed by atoms with van der Waals surface area (Å²) in [6.07, 6.45) is 4.24. The molecule has 5 nitrogen and oxygen atoms in total. The molecular formula is C17H17N3O2. The lowest BCUT2D eigenvalue weighted by atomic mass is 10.2. The number of nitrogens with one attached hydrogen (secondary N) is 1. The van der Waals surface area contributed by atoms with Crippen LogP contribution in [0.2, 0.25) is 0 Å². The van der Waals surface area contributed by atoms with E-state index in [9.17, 15) is 4.79 Å². The van der Waals surface area contributed by atoms with Crippen molar-refractivity contribution in [2.45, 2.75) is 6.42 Å². The van der Waals surface area contributed by atoms with Crippen molar-refractivity contribution in [3.8, 4) is 5.88 Å². The molecule has 0 aromatic carbocycles. The number of fused-ring (bicyclic) bond motifs is 1. The SMILES string of the molecule is COc1ncccc1CCNC(=O)c1ccc2ccccn12. The highest BCUT2D eigenvalue weighted by molar-refractivity contribution is 5.94. The molecule has 0 aliphatic carbocycles. The molecule has 3 heterocycles. The summed E-state index contributed by atoms with van der Waals surface area (Å²) in [5, 5.41) is 2.93. The van der Waals surface area contributed by atoms with E-state index in [1.807, 2.05) is 53.1 Å². The van der Waals surface area contributed by atoms with Crippen molar-refractivity contribution in [2.24, 2.45) is 0 Å². The molecule has 1 amide bonds. The summed E-state index contributed by atoms with van der Waals surface area (Å²) in [6.45, 7) is 0.529. The van der Waals surface area contributed by atoms with E-state index in [1.54, 1.807) is 13.3 Å². The first-order chi connectivity index (χ1) is 10.8. The summed E-state index contributed by atoms with van der Waals surface area (Å²) in [5.41, 5.74) is 2.61. The van der Waals surface area contributed by atoms with E-state index in [2.05, 4.69) is 10.3 Å². The van der Waals surface area contributed by atoms with Crippen LogP contribution in [0, 0.1) is 0 Å². The van der Waals surface area contributed by atoms with Crippen molar-refractivity contribution >= 4 is 11.4 Å². The van der Waals surface area contributed by atoms with Crippen molar-refractivity contribution in [2.75, 3.05) is 13.7 Å². The summed E-state index contributed by atoms with van der Waals surface area (Å²) < 4.78 is 7.08. The molecule has 112 valence electrons. The number of aromatic nitrogens is 2. The smallest absolute Gasteiger partial charge is 0.268 e. The third-order valence-electron chi connectivity index (χ3n) is 3.52. The molecule has 5 heteroatoms. The summed E-state index contributed by atoms with van der Waals surface area (Å²) in [7, 11) is 1.59. The molecule has 0 saturated carbocycles. The molecule has 0 aliphatic heterocycles. The lowest BCUT2D eigenvalue weighted by Gasteiger charge is -2.08. The lowest BCUT2D eigenvalue weighted by Crippen LogP contribution is -2.26. The first-order valence-corrected chi connectivity index (χ1v) is 7.12. The maximum absolute atomic E-state index is 12.3. The minimum atomic E-state index is -0.0888. The number of amides is 1. The van der Waals surface area contributed by atoms with Gasteiger partial charge >= 0.3 is 0 Å². The molecule has 0 spiro atoms. The van der Waals surface area contributed by atoms with Crippen molar-refractivity contribution in [1.29, 1.82) is 0 Å². The Kier molecular flexibility index (Phi) is 4.05. The summed E-state index contributed by atoms with van der Waals surface area (Å²) >= 11 is 0. The van der Waals surface area contributed by atoms with Crippen LogP contribution in [-0.4, -0.2) is 28.9 Å². The zero-order valence-electron chi connectivity index (χ0n) is 12.3. The molecule has 0 atom stereocenters. The quantitative estimate of drug-likeness (QED) is 0.786. The first kappa shape index (κ1) is 14.1. The van der Waals surface area contributed by atoms with Gasteiger partial charge in [0, 0.05) is 30.0 Å². The van der Waals surface area contributed by atoms with Crippen LogP contribution in [0.5, 0.6) is 5.88 Å².